The van der Waals surface area contributed by atoms with E-state index in [4.69, 9.17) is 11.6 Å². The molecule has 0 saturated heterocycles. The van der Waals surface area contributed by atoms with Crippen LogP contribution < -0.4 is 0 Å². The number of nitrogens with zero attached hydrogens (tertiary/aromatic N) is 1. The number of aryl methyl sites for hydroxylation is 1. The highest BCUT2D eigenvalue weighted by atomic mass is 35.5. The summed E-state index contributed by atoms with van der Waals surface area (Å²) >= 11 is 5.69. The first-order chi connectivity index (χ1) is 9.60. The molecule has 0 fully saturated rings. The highest BCUT2D eigenvalue weighted by Gasteiger charge is 2.20. The number of halogens is 1. The number of hydrogen-bond donors (Lipinski definition) is 0. The first kappa shape index (κ1) is 14.9. The summed E-state index contributed by atoms with van der Waals surface area (Å²) in [4.78, 5) is 11.9. The van der Waals surface area contributed by atoms with Crippen LogP contribution in [0.2, 0.25) is 0 Å². The zero-order valence-electron chi connectivity index (χ0n) is 12.2. The molecule has 0 aliphatic carbocycles. The topological polar surface area (TPSA) is 22.0 Å². The van der Waals surface area contributed by atoms with Gasteiger partial charge in [-0.05, 0) is 31.9 Å². The van der Waals surface area contributed by atoms with Gasteiger partial charge >= 0.3 is 0 Å². The fraction of sp³-hybridized carbons (Fsp3) is 0.353. The van der Waals surface area contributed by atoms with Gasteiger partial charge in [-0.3, -0.25) is 4.79 Å². The Kier molecular flexibility index (Phi) is 4.66. The molecule has 3 heteroatoms. The van der Waals surface area contributed by atoms with Crippen molar-refractivity contribution in [2.24, 2.45) is 0 Å². The average molecular weight is 290 g/mol. The van der Waals surface area contributed by atoms with Gasteiger partial charge in [0, 0.05) is 17.0 Å². The maximum atomic E-state index is 11.9. The van der Waals surface area contributed by atoms with E-state index in [0.29, 0.717) is 0 Å². The van der Waals surface area contributed by atoms with E-state index in [2.05, 4.69) is 35.8 Å². The average Bonchev–Trinajstić information content (AvgIpc) is 2.77. The van der Waals surface area contributed by atoms with Crippen LogP contribution >= 0.6 is 11.6 Å². The molecular weight excluding hydrogens is 270 g/mol. The Balaban J connectivity index is 2.51. The summed E-state index contributed by atoms with van der Waals surface area (Å²) in [5.74, 6) is 0.0285. The summed E-state index contributed by atoms with van der Waals surface area (Å²) in [5, 5.41) is 0. The molecule has 106 valence electrons. The number of hydrogen-bond acceptors (Lipinski definition) is 1. The molecule has 0 N–H and O–H groups in total. The van der Waals surface area contributed by atoms with Gasteiger partial charge < -0.3 is 4.57 Å². The zero-order chi connectivity index (χ0) is 14.7. The second-order valence-electron chi connectivity index (χ2n) is 5.05. The summed E-state index contributed by atoms with van der Waals surface area (Å²) in [7, 11) is 0. The van der Waals surface area contributed by atoms with Crippen molar-refractivity contribution in [1.82, 2.24) is 4.57 Å². The molecule has 0 spiro atoms. The molecule has 0 aliphatic heterocycles. The molecule has 0 bridgehead atoms. The lowest BCUT2D eigenvalue weighted by atomic mass is 10.0. The second-order valence-corrected chi connectivity index (χ2v) is 5.31. The van der Waals surface area contributed by atoms with E-state index < -0.39 is 0 Å². The number of rotatable bonds is 5. The van der Waals surface area contributed by atoms with Crippen molar-refractivity contribution in [2.45, 2.75) is 33.2 Å². The lowest BCUT2D eigenvalue weighted by molar-refractivity contribution is 0.102. The van der Waals surface area contributed by atoms with Crippen LogP contribution in [0, 0.1) is 13.8 Å². The smallest absolute Gasteiger partial charge is 0.179 e. The van der Waals surface area contributed by atoms with Gasteiger partial charge in [-0.15, -0.1) is 11.6 Å². The highest BCUT2D eigenvalue weighted by molar-refractivity contribution is 6.30. The molecule has 0 saturated carbocycles. The first-order valence-corrected chi connectivity index (χ1v) is 7.46. The fourth-order valence-corrected chi connectivity index (χ4v) is 3.00. The summed E-state index contributed by atoms with van der Waals surface area (Å²) < 4.78 is 2.25. The third-order valence-electron chi connectivity index (χ3n) is 3.79. The molecule has 2 aromatic rings. The van der Waals surface area contributed by atoms with E-state index in [1.807, 2.05) is 26.0 Å². The maximum absolute atomic E-state index is 11.9. The lowest BCUT2D eigenvalue weighted by Gasteiger charge is -2.22. The molecular formula is C17H20ClNO. The Labute approximate surface area is 125 Å². The minimum atomic E-state index is -0.00562. The van der Waals surface area contributed by atoms with E-state index >= 15 is 0 Å². The number of aromatic nitrogens is 1. The van der Waals surface area contributed by atoms with E-state index in [1.54, 1.807) is 0 Å². The largest absolute Gasteiger partial charge is 0.341 e. The van der Waals surface area contributed by atoms with Crippen LogP contribution in [-0.2, 0) is 0 Å². The molecule has 0 radical (unpaired) electrons. The maximum Gasteiger partial charge on any atom is 0.179 e. The molecule has 2 rings (SSSR count). The van der Waals surface area contributed by atoms with Gasteiger partial charge in [0.1, 0.15) is 0 Å². The van der Waals surface area contributed by atoms with Gasteiger partial charge in [0.05, 0.1) is 11.9 Å². The van der Waals surface area contributed by atoms with Crippen molar-refractivity contribution in [1.29, 1.82) is 0 Å². The summed E-state index contributed by atoms with van der Waals surface area (Å²) in [6.07, 6.45) is 0.981. The number of benzene rings is 1. The van der Waals surface area contributed by atoms with Crippen molar-refractivity contribution in [3.05, 3.63) is 58.9 Å². The fourth-order valence-electron chi connectivity index (χ4n) is 2.85. The molecule has 20 heavy (non-hydrogen) atoms. The van der Waals surface area contributed by atoms with E-state index in [0.717, 1.165) is 23.4 Å². The van der Waals surface area contributed by atoms with Gasteiger partial charge in [0.2, 0.25) is 0 Å². The summed E-state index contributed by atoms with van der Waals surface area (Å²) in [5.41, 5.74) is 4.11. The Morgan fingerprint density at radius 1 is 1.25 bits per heavy atom. The summed E-state index contributed by atoms with van der Waals surface area (Å²) in [6, 6.07) is 12.6. The monoisotopic (exact) mass is 289 g/mol. The van der Waals surface area contributed by atoms with Crippen LogP contribution in [0.25, 0.3) is 0 Å². The first-order valence-electron chi connectivity index (χ1n) is 6.92. The van der Waals surface area contributed by atoms with Crippen molar-refractivity contribution in [3.63, 3.8) is 0 Å². The molecule has 0 aliphatic rings. The molecule has 1 atom stereocenters. The van der Waals surface area contributed by atoms with Crippen LogP contribution in [0.5, 0.6) is 0 Å². The Bertz CT molecular complexity index is 601. The van der Waals surface area contributed by atoms with Gasteiger partial charge in [-0.2, -0.15) is 0 Å². The minimum absolute atomic E-state index is 0.00562. The number of carbonyl (C=O) groups excluding carboxylic acids is 1. The van der Waals surface area contributed by atoms with Gasteiger partial charge in [0.15, 0.2) is 5.78 Å². The number of Topliss-reactive ketones (excluding diaryl/α,β-unsaturated/α-hetero) is 1. The molecule has 1 aromatic carbocycles. The lowest BCUT2D eigenvalue weighted by Crippen LogP contribution is -2.13. The highest BCUT2D eigenvalue weighted by Crippen LogP contribution is 2.28. The normalized spacial score (nSPS) is 12.4. The van der Waals surface area contributed by atoms with Crippen LogP contribution in [0.15, 0.2) is 36.4 Å². The van der Waals surface area contributed by atoms with Crippen molar-refractivity contribution in [2.75, 3.05) is 5.88 Å². The number of ketones is 1. The van der Waals surface area contributed by atoms with Crippen molar-refractivity contribution < 1.29 is 4.79 Å². The van der Waals surface area contributed by atoms with E-state index in [1.165, 1.54) is 5.56 Å². The van der Waals surface area contributed by atoms with E-state index in [-0.39, 0.29) is 17.7 Å². The van der Waals surface area contributed by atoms with Gasteiger partial charge in [0.25, 0.3) is 0 Å². The molecule has 2 nitrogen and oxygen atoms in total. The molecule has 0 amide bonds. The second kappa shape index (κ2) is 6.27. The predicted octanol–water partition coefficient (Wildman–Crippen LogP) is 4.53. The van der Waals surface area contributed by atoms with Crippen molar-refractivity contribution >= 4 is 17.4 Å². The van der Waals surface area contributed by atoms with Crippen molar-refractivity contribution in [3.8, 4) is 0 Å². The minimum Gasteiger partial charge on any atom is -0.341 e. The number of carbonyl (C=O) groups is 1. The molecule has 1 unspecified atom stereocenters. The number of alkyl halides is 1. The van der Waals surface area contributed by atoms with E-state index in [9.17, 15) is 4.79 Å². The summed E-state index contributed by atoms with van der Waals surface area (Å²) in [6.45, 7) is 6.21. The Morgan fingerprint density at radius 2 is 1.90 bits per heavy atom. The van der Waals surface area contributed by atoms with Gasteiger partial charge in [-0.1, -0.05) is 37.3 Å². The SMILES string of the molecule is CCC(c1ccccc1)n1c(C)cc(C(=O)CCl)c1C. The van der Waals surface area contributed by atoms with Gasteiger partial charge in [-0.25, -0.2) is 0 Å². The van der Waals surface area contributed by atoms with Crippen LogP contribution in [0.3, 0.4) is 0 Å². The standard InChI is InChI=1S/C17H20ClNO/c1-4-16(14-8-6-5-7-9-14)19-12(2)10-15(13(19)3)17(20)11-18/h5-10,16H,4,11H2,1-3H3. The zero-order valence-corrected chi connectivity index (χ0v) is 12.9. The molecule has 1 aromatic heterocycles. The Hall–Kier alpha value is -1.54. The Morgan fingerprint density at radius 3 is 2.45 bits per heavy atom. The third kappa shape index (κ3) is 2.66. The third-order valence-corrected chi connectivity index (χ3v) is 4.03. The van der Waals surface area contributed by atoms with Crippen LogP contribution in [0.4, 0.5) is 0 Å². The quantitative estimate of drug-likeness (QED) is 0.586. The van der Waals surface area contributed by atoms with Crippen LogP contribution in [-0.4, -0.2) is 16.2 Å². The molecule has 1 heterocycles. The van der Waals surface area contributed by atoms with Crippen LogP contribution in [0.1, 0.15) is 46.7 Å². The predicted molar refractivity (Wildman–Crippen MR) is 83.8 cm³/mol.